The van der Waals surface area contributed by atoms with E-state index < -0.39 is 0 Å². The molecule has 2 aliphatic rings. The summed E-state index contributed by atoms with van der Waals surface area (Å²) >= 11 is 0. The number of aliphatic hydroxyl groups is 1. The van der Waals surface area contributed by atoms with E-state index in [-0.39, 0.29) is 5.41 Å². The van der Waals surface area contributed by atoms with Gasteiger partial charge in [-0.2, -0.15) is 0 Å². The van der Waals surface area contributed by atoms with Gasteiger partial charge in [-0.05, 0) is 30.9 Å². The van der Waals surface area contributed by atoms with Crippen molar-refractivity contribution < 1.29 is 5.11 Å². The fraction of sp³-hybridized carbons (Fsp3) is 0.600. The Morgan fingerprint density at radius 1 is 1.35 bits per heavy atom. The largest absolute Gasteiger partial charge is 0.396 e. The van der Waals surface area contributed by atoms with Crippen molar-refractivity contribution in [3.8, 4) is 0 Å². The third kappa shape index (κ3) is 1.73. The number of fused-ring (bicyclic) bond motifs is 2. The number of aromatic nitrogens is 3. The molecule has 1 aliphatic heterocycles. The van der Waals surface area contributed by atoms with Gasteiger partial charge in [0, 0.05) is 30.9 Å². The summed E-state index contributed by atoms with van der Waals surface area (Å²) in [6.45, 7) is 2.26. The third-order valence-corrected chi connectivity index (χ3v) is 5.17. The summed E-state index contributed by atoms with van der Waals surface area (Å²) in [6.07, 6.45) is 8.59. The van der Waals surface area contributed by atoms with E-state index in [1.54, 1.807) is 6.20 Å². The van der Waals surface area contributed by atoms with Gasteiger partial charge in [-0.1, -0.05) is 12.8 Å². The van der Waals surface area contributed by atoms with Gasteiger partial charge in [-0.25, -0.2) is 9.50 Å². The summed E-state index contributed by atoms with van der Waals surface area (Å²) in [6, 6.07) is 4.06. The second kappa shape index (κ2) is 4.45. The number of aliphatic hydroxyl groups excluding tert-OH is 1. The lowest BCUT2D eigenvalue weighted by Gasteiger charge is -2.36. The van der Waals surface area contributed by atoms with Gasteiger partial charge in [0.2, 0.25) is 0 Å². The monoisotopic (exact) mass is 272 g/mol. The molecule has 5 heteroatoms. The summed E-state index contributed by atoms with van der Waals surface area (Å²) in [7, 11) is 0. The van der Waals surface area contributed by atoms with Crippen molar-refractivity contribution in [3.05, 3.63) is 24.5 Å². The van der Waals surface area contributed by atoms with Crippen LogP contribution in [0, 0.1) is 11.3 Å². The number of hydrogen-bond donors (Lipinski definition) is 1. The van der Waals surface area contributed by atoms with Gasteiger partial charge in [0.15, 0.2) is 5.65 Å². The summed E-state index contributed by atoms with van der Waals surface area (Å²) in [5, 5.41) is 14.5. The van der Waals surface area contributed by atoms with Crippen LogP contribution in [0.1, 0.15) is 25.7 Å². The molecule has 106 valence electrons. The number of anilines is 1. The fourth-order valence-corrected chi connectivity index (χ4v) is 3.99. The molecule has 20 heavy (non-hydrogen) atoms. The zero-order chi connectivity index (χ0) is 13.6. The third-order valence-electron chi connectivity index (χ3n) is 5.17. The van der Waals surface area contributed by atoms with Crippen molar-refractivity contribution in [3.63, 3.8) is 0 Å². The Hall–Kier alpha value is -1.62. The molecular weight excluding hydrogens is 252 g/mol. The van der Waals surface area contributed by atoms with Gasteiger partial charge in [0.25, 0.3) is 0 Å². The van der Waals surface area contributed by atoms with Crippen LogP contribution in [0.3, 0.4) is 0 Å². The lowest BCUT2D eigenvalue weighted by molar-refractivity contribution is 0.0626. The Morgan fingerprint density at radius 3 is 3.15 bits per heavy atom. The van der Waals surface area contributed by atoms with Crippen LogP contribution < -0.4 is 4.90 Å². The van der Waals surface area contributed by atoms with Crippen LogP contribution in [0.4, 0.5) is 5.82 Å². The molecule has 1 N–H and O–H groups in total. The van der Waals surface area contributed by atoms with E-state index in [2.05, 4.69) is 15.0 Å². The van der Waals surface area contributed by atoms with Crippen LogP contribution in [0.15, 0.2) is 24.5 Å². The molecule has 0 bridgehead atoms. The van der Waals surface area contributed by atoms with Crippen LogP contribution >= 0.6 is 0 Å². The number of nitrogens with zero attached hydrogens (tertiary/aromatic N) is 4. The van der Waals surface area contributed by atoms with Crippen molar-refractivity contribution in [2.24, 2.45) is 11.3 Å². The number of imidazole rings is 1. The highest BCUT2D eigenvalue weighted by Crippen LogP contribution is 2.47. The van der Waals surface area contributed by atoms with Gasteiger partial charge in [-0.15, -0.1) is 5.10 Å². The van der Waals surface area contributed by atoms with Gasteiger partial charge in [0.1, 0.15) is 5.82 Å². The first-order valence-corrected chi connectivity index (χ1v) is 7.47. The van der Waals surface area contributed by atoms with E-state index in [1.165, 1.54) is 19.3 Å². The standard InChI is InChI=1S/C15H20N4O/c20-11-15-6-2-1-3-12(15)9-18(10-15)14-5-4-13-16-7-8-19(13)17-14/h4-5,7-8,12,20H,1-3,6,9-11H2. The predicted molar refractivity (Wildman–Crippen MR) is 76.7 cm³/mol. The van der Waals surface area contributed by atoms with Crippen LogP contribution in [0.5, 0.6) is 0 Å². The van der Waals surface area contributed by atoms with Crippen LogP contribution in [-0.2, 0) is 0 Å². The number of rotatable bonds is 2. The van der Waals surface area contributed by atoms with Gasteiger partial charge < -0.3 is 10.0 Å². The smallest absolute Gasteiger partial charge is 0.153 e. The minimum absolute atomic E-state index is 0.101. The molecule has 2 aromatic heterocycles. The average Bonchev–Trinajstić information content (AvgIpc) is 3.10. The molecular formula is C15H20N4O. The van der Waals surface area contributed by atoms with E-state index in [9.17, 15) is 5.11 Å². The second-order valence-electron chi connectivity index (χ2n) is 6.27. The highest BCUT2D eigenvalue weighted by Gasteiger charge is 2.47. The van der Waals surface area contributed by atoms with E-state index >= 15 is 0 Å². The lowest BCUT2D eigenvalue weighted by Crippen LogP contribution is -2.37. The Labute approximate surface area is 118 Å². The molecule has 0 aromatic carbocycles. The van der Waals surface area contributed by atoms with Crippen molar-refractivity contribution in [1.82, 2.24) is 14.6 Å². The molecule has 0 radical (unpaired) electrons. The highest BCUT2D eigenvalue weighted by molar-refractivity contribution is 5.47. The van der Waals surface area contributed by atoms with E-state index in [0.29, 0.717) is 12.5 Å². The topological polar surface area (TPSA) is 53.7 Å². The highest BCUT2D eigenvalue weighted by atomic mass is 16.3. The van der Waals surface area contributed by atoms with Gasteiger partial charge in [-0.3, -0.25) is 0 Å². The summed E-state index contributed by atoms with van der Waals surface area (Å²) in [5.74, 6) is 1.61. The molecule has 3 heterocycles. The molecule has 0 spiro atoms. The van der Waals surface area contributed by atoms with Crippen LogP contribution in [0.25, 0.3) is 5.65 Å². The van der Waals surface area contributed by atoms with E-state index in [0.717, 1.165) is 31.0 Å². The average molecular weight is 272 g/mol. The molecule has 2 aromatic rings. The first-order valence-electron chi connectivity index (χ1n) is 7.47. The minimum Gasteiger partial charge on any atom is -0.396 e. The Morgan fingerprint density at radius 2 is 2.30 bits per heavy atom. The summed E-state index contributed by atoms with van der Waals surface area (Å²) in [5.41, 5.74) is 0.978. The molecule has 4 rings (SSSR count). The quantitative estimate of drug-likeness (QED) is 0.904. The molecule has 0 amide bonds. The normalized spacial score (nSPS) is 29.9. The van der Waals surface area contributed by atoms with Gasteiger partial charge in [0.05, 0.1) is 6.61 Å². The Balaban J connectivity index is 1.66. The van der Waals surface area contributed by atoms with E-state index in [1.807, 2.05) is 22.8 Å². The molecule has 2 atom stereocenters. The van der Waals surface area contributed by atoms with Gasteiger partial charge >= 0.3 is 0 Å². The molecule has 2 fully saturated rings. The minimum atomic E-state index is 0.101. The Bertz CT molecular complexity index is 625. The van der Waals surface area contributed by atoms with Crippen molar-refractivity contribution in [2.75, 3.05) is 24.6 Å². The zero-order valence-corrected chi connectivity index (χ0v) is 11.6. The maximum Gasteiger partial charge on any atom is 0.153 e. The SMILES string of the molecule is OCC12CCCCC1CN(c1ccc3nccn3n1)C2. The summed E-state index contributed by atoms with van der Waals surface area (Å²) < 4.78 is 1.82. The molecule has 1 saturated carbocycles. The molecule has 1 saturated heterocycles. The maximum absolute atomic E-state index is 9.89. The fourth-order valence-electron chi connectivity index (χ4n) is 3.99. The maximum atomic E-state index is 9.89. The van der Waals surface area contributed by atoms with Crippen molar-refractivity contribution >= 4 is 11.5 Å². The lowest BCUT2D eigenvalue weighted by atomic mass is 9.69. The van der Waals surface area contributed by atoms with Crippen LogP contribution in [0.2, 0.25) is 0 Å². The van der Waals surface area contributed by atoms with E-state index in [4.69, 9.17) is 0 Å². The van der Waals surface area contributed by atoms with Crippen molar-refractivity contribution in [1.29, 1.82) is 0 Å². The first kappa shape index (κ1) is 12.1. The van der Waals surface area contributed by atoms with Crippen molar-refractivity contribution in [2.45, 2.75) is 25.7 Å². The predicted octanol–water partition coefficient (Wildman–Crippen LogP) is 1.72. The zero-order valence-electron chi connectivity index (χ0n) is 11.6. The molecule has 1 aliphatic carbocycles. The number of hydrogen-bond acceptors (Lipinski definition) is 4. The van der Waals surface area contributed by atoms with Crippen LogP contribution in [-0.4, -0.2) is 39.4 Å². The molecule has 5 nitrogen and oxygen atoms in total. The molecule has 2 unspecified atom stereocenters. The summed E-state index contributed by atoms with van der Waals surface area (Å²) in [4.78, 5) is 6.57. The first-order chi connectivity index (χ1) is 9.81. The Kier molecular flexibility index (Phi) is 2.70. The second-order valence-corrected chi connectivity index (χ2v) is 6.27.